The molecule has 1 fully saturated rings. The van der Waals surface area contributed by atoms with Crippen molar-refractivity contribution in [3.8, 4) is 22.1 Å². The maximum absolute atomic E-state index is 12.8. The fourth-order valence-electron chi connectivity index (χ4n) is 3.53. The number of thioether (sulfide) groups is 1. The molecule has 2 heterocycles. The largest absolute Gasteiger partial charge is 0.493 e. The summed E-state index contributed by atoms with van der Waals surface area (Å²) in [5, 5.41) is 7.77. The molecule has 1 amide bonds. The molecule has 2 aromatic heterocycles. The highest BCUT2D eigenvalue weighted by molar-refractivity contribution is 7.98. The van der Waals surface area contributed by atoms with Crippen LogP contribution in [-0.2, 0) is 5.75 Å². The predicted octanol–water partition coefficient (Wildman–Crippen LogP) is 5.56. The lowest BCUT2D eigenvalue weighted by Crippen LogP contribution is -2.25. The van der Waals surface area contributed by atoms with E-state index in [1.807, 2.05) is 48.5 Å². The fraction of sp³-hybridized carbons (Fsp3) is 0.240. The third kappa shape index (κ3) is 4.82. The van der Waals surface area contributed by atoms with Crippen LogP contribution in [0.5, 0.6) is 11.5 Å². The molecule has 4 aromatic rings. The van der Waals surface area contributed by atoms with Gasteiger partial charge in [-0.15, -0.1) is 11.3 Å². The van der Waals surface area contributed by atoms with Crippen molar-refractivity contribution in [3.05, 3.63) is 65.2 Å². The van der Waals surface area contributed by atoms with E-state index in [0.717, 1.165) is 45.0 Å². The highest BCUT2D eigenvalue weighted by Crippen LogP contribution is 2.34. The molecule has 8 heteroatoms. The van der Waals surface area contributed by atoms with E-state index in [2.05, 4.69) is 10.7 Å². The zero-order valence-electron chi connectivity index (χ0n) is 18.3. The second-order valence-electron chi connectivity index (χ2n) is 7.78. The highest BCUT2D eigenvalue weighted by atomic mass is 32.2. The summed E-state index contributed by atoms with van der Waals surface area (Å²) in [4.78, 5) is 22.4. The number of hydrogen-bond acceptors (Lipinski definition) is 7. The zero-order valence-corrected chi connectivity index (χ0v) is 20.0. The van der Waals surface area contributed by atoms with E-state index >= 15 is 0 Å². The second-order valence-corrected chi connectivity index (χ2v) is 9.63. The lowest BCUT2D eigenvalue weighted by atomic mass is 10.1. The zero-order chi connectivity index (χ0) is 22.8. The van der Waals surface area contributed by atoms with Crippen molar-refractivity contribution in [2.24, 2.45) is 0 Å². The minimum atomic E-state index is -0.0256. The molecule has 168 valence electrons. The number of benzene rings is 2. The van der Waals surface area contributed by atoms with Gasteiger partial charge in [-0.05, 0) is 43.2 Å². The van der Waals surface area contributed by atoms with E-state index in [-0.39, 0.29) is 5.91 Å². The van der Waals surface area contributed by atoms with E-state index in [1.54, 1.807) is 37.3 Å². The molecule has 1 aliphatic carbocycles. The van der Waals surface area contributed by atoms with Crippen molar-refractivity contribution in [2.45, 2.75) is 29.7 Å². The summed E-state index contributed by atoms with van der Waals surface area (Å²) in [6.07, 6.45) is 2.12. The molecule has 0 spiro atoms. The molecule has 0 radical (unpaired) electrons. The third-order valence-electron chi connectivity index (χ3n) is 5.40. The van der Waals surface area contributed by atoms with Crippen LogP contribution in [0.25, 0.3) is 21.5 Å². The van der Waals surface area contributed by atoms with Gasteiger partial charge in [-0.25, -0.2) is 9.97 Å². The van der Waals surface area contributed by atoms with Crippen molar-refractivity contribution >= 4 is 39.9 Å². The van der Waals surface area contributed by atoms with Crippen LogP contribution < -0.4 is 14.8 Å². The first kappa shape index (κ1) is 21.7. The molecule has 1 N–H and O–H groups in total. The number of ether oxygens (including phenoxy) is 2. The highest BCUT2D eigenvalue weighted by Gasteiger charge is 2.25. The van der Waals surface area contributed by atoms with E-state index in [0.29, 0.717) is 28.9 Å². The summed E-state index contributed by atoms with van der Waals surface area (Å²) in [6.45, 7) is 0. The maximum Gasteiger partial charge on any atom is 0.252 e. The van der Waals surface area contributed by atoms with Crippen LogP contribution in [-0.4, -0.2) is 36.1 Å². The van der Waals surface area contributed by atoms with Crippen molar-refractivity contribution < 1.29 is 14.3 Å². The van der Waals surface area contributed by atoms with Gasteiger partial charge < -0.3 is 14.8 Å². The van der Waals surface area contributed by atoms with E-state index in [4.69, 9.17) is 19.4 Å². The Morgan fingerprint density at radius 3 is 2.70 bits per heavy atom. The molecule has 5 rings (SSSR count). The molecule has 2 aromatic carbocycles. The molecule has 33 heavy (non-hydrogen) atoms. The molecular weight excluding hydrogens is 454 g/mol. The Hall–Kier alpha value is -3.10. The normalized spacial score (nSPS) is 13.2. The first-order valence-electron chi connectivity index (χ1n) is 10.6. The van der Waals surface area contributed by atoms with Crippen molar-refractivity contribution in [3.63, 3.8) is 0 Å². The lowest BCUT2D eigenvalue weighted by Gasteiger charge is -2.09. The Morgan fingerprint density at radius 1 is 1.09 bits per heavy atom. The van der Waals surface area contributed by atoms with Gasteiger partial charge in [0.15, 0.2) is 11.5 Å². The van der Waals surface area contributed by atoms with Crippen LogP contribution >= 0.6 is 23.1 Å². The topological polar surface area (TPSA) is 73.3 Å². The number of carbonyl (C=O) groups is 1. The predicted molar refractivity (Wildman–Crippen MR) is 132 cm³/mol. The Bertz CT molecular complexity index is 1320. The summed E-state index contributed by atoms with van der Waals surface area (Å²) in [5.74, 6) is 2.01. The number of hydrogen-bond donors (Lipinski definition) is 1. The molecule has 1 saturated carbocycles. The Balaban J connectivity index is 1.35. The maximum atomic E-state index is 12.8. The van der Waals surface area contributed by atoms with Gasteiger partial charge in [0.05, 0.1) is 36.0 Å². The summed E-state index contributed by atoms with van der Waals surface area (Å²) in [6, 6.07) is 15.8. The van der Waals surface area contributed by atoms with Crippen LogP contribution in [0.1, 0.15) is 28.9 Å². The number of amides is 1. The van der Waals surface area contributed by atoms with Crippen LogP contribution in [0, 0.1) is 0 Å². The Kier molecular flexibility index (Phi) is 6.20. The first-order valence-corrected chi connectivity index (χ1v) is 12.5. The van der Waals surface area contributed by atoms with Gasteiger partial charge in [0, 0.05) is 28.1 Å². The number of aromatic nitrogens is 2. The number of methoxy groups -OCH3 is 2. The molecular formula is C25H23N3O3S2. The van der Waals surface area contributed by atoms with Crippen LogP contribution in [0.4, 0.5) is 0 Å². The van der Waals surface area contributed by atoms with Gasteiger partial charge in [-0.1, -0.05) is 30.0 Å². The molecule has 0 atom stereocenters. The van der Waals surface area contributed by atoms with Gasteiger partial charge in [0.25, 0.3) is 5.91 Å². The number of nitrogens with zero attached hydrogens (tertiary/aromatic N) is 2. The summed E-state index contributed by atoms with van der Waals surface area (Å²) >= 11 is 3.17. The third-order valence-corrected chi connectivity index (χ3v) is 7.29. The molecule has 1 aliphatic rings. The number of fused-ring (bicyclic) bond motifs is 1. The number of nitrogens with one attached hydrogen (secondary N) is 1. The SMILES string of the molecule is COc1ccc(-c2nc(CSc3cc(C(=O)NC4CC4)c4ccccc4n3)cs2)cc1OC. The minimum absolute atomic E-state index is 0.0256. The van der Waals surface area contributed by atoms with Gasteiger partial charge in [0.1, 0.15) is 5.01 Å². The van der Waals surface area contributed by atoms with Gasteiger partial charge >= 0.3 is 0 Å². The summed E-state index contributed by atoms with van der Waals surface area (Å²) in [5.41, 5.74) is 3.46. The number of carbonyl (C=O) groups excluding carboxylic acids is 1. The van der Waals surface area contributed by atoms with Crippen LogP contribution in [0.3, 0.4) is 0 Å². The van der Waals surface area contributed by atoms with Crippen molar-refractivity contribution in [1.82, 2.24) is 15.3 Å². The van der Waals surface area contributed by atoms with Crippen LogP contribution in [0.2, 0.25) is 0 Å². The number of rotatable bonds is 8. The van der Waals surface area contributed by atoms with Crippen LogP contribution in [0.15, 0.2) is 58.9 Å². The van der Waals surface area contributed by atoms with E-state index in [1.165, 1.54) is 0 Å². The second kappa shape index (κ2) is 9.41. The van der Waals surface area contributed by atoms with E-state index in [9.17, 15) is 4.79 Å². The number of pyridine rings is 1. The van der Waals surface area contributed by atoms with E-state index < -0.39 is 0 Å². The van der Waals surface area contributed by atoms with Gasteiger partial charge in [-0.2, -0.15) is 0 Å². The minimum Gasteiger partial charge on any atom is -0.493 e. The summed E-state index contributed by atoms with van der Waals surface area (Å²) in [7, 11) is 3.25. The average molecular weight is 478 g/mol. The molecule has 0 bridgehead atoms. The monoisotopic (exact) mass is 477 g/mol. The Morgan fingerprint density at radius 2 is 1.91 bits per heavy atom. The molecule has 0 saturated heterocycles. The molecule has 0 unspecified atom stereocenters. The van der Waals surface area contributed by atoms with Crippen molar-refractivity contribution in [1.29, 1.82) is 0 Å². The fourth-order valence-corrected chi connectivity index (χ4v) is 5.26. The average Bonchev–Trinajstić information content (AvgIpc) is 3.54. The lowest BCUT2D eigenvalue weighted by molar-refractivity contribution is 0.0952. The first-order chi connectivity index (χ1) is 16.1. The molecule has 0 aliphatic heterocycles. The summed E-state index contributed by atoms with van der Waals surface area (Å²) < 4.78 is 10.7. The van der Waals surface area contributed by atoms with Crippen molar-refractivity contribution in [2.75, 3.05) is 14.2 Å². The quantitative estimate of drug-likeness (QED) is 0.335. The number of thiazole rings is 1. The molecule has 6 nitrogen and oxygen atoms in total. The Labute approximate surface area is 200 Å². The number of para-hydroxylation sites is 1. The van der Waals surface area contributed by atoms with Gasteiger partial charge in [-0.3, -0.25) is 4.79 Å². The smallest absolute Gasteiger partial charge is 0.252 e. The standard InChI is InChI=1S/C25H23N3O3S2/c1-30-21-10-7-15(11-22(21)31-2)25-27-17(14-33-25)13-32-23-12-19(24(29)26-16-8-9-16)18-5-3-4-6-20(18)28-23/h3-7,10-12,14,16H,8-9,13H2,1-2H3,(H,26,29). The van der Waals surface area contributed by atoms with Gasteiger partial charge in [0.2, 0.25) is 0 Å².